The molecule has 0 aliphatic carbocycles. The minimum absolute atomic E-state index is 0.225. The van der Waals surface area contributed by atoms with Crippen LogP contribution in [-0.2, 0) is 0 Å². The lowest BCUT2D eigenvalue weighted by molar-refractivity contribution is 0.0697. The van der Waals surface area contributed by atoms with Crippen LogP contribution in [0, 0.1) is 6.92 Å². The second kappa shape index (κ2) is 8.42. The molecule has 0 radical (unpaired) electrons. The molecule has 1 aliphatic heterocycles. The van der Waals surface area contributed by atoms with Crippen molar-refractivity contribution in [1.82, 2.24) is 9.97 Å². The Morgan fingerprint density at radius 1 is 0.906 bits per heavy atom. The van der Waals surface area contributed by atoms with Gasteiger partial charge in [0, 0.05) is 18.7 Å². The van der Waals surface area contributed by atoms with E-state index in [1.165, 1.54) is 11.1 Å². The van der Waals surface area contributed by atoms with E-state index >= 15 is 0 Å². The van der Waals surface area contributed by atoms with Crippen LogP contribution >= 0.6 is 0 Å². The summed E-state index contributed by atoms with van der Waals surface area (Å²) < 4.78 is 0. The van der Waals surface area contributed by atoms with Crippen LogP contribution in [-0.4, -0.2) is 34.1 Å². The summed E-state index contributed by atoms with van der Waals surface area (Å²) in [7, 11) is 0. The summed E-state index contributed by atoms with van der Waals surface area (Å²) in [6.45, 7) is 3.89. The Labute approximate surface area is 187 Å². The first kappa shape index (κ1) is 20.2. The minimum atomic E-state index is -0.957. The van der Waals surface area contributed by atoms with Gasteiger partial charge >= 0.3 is 5.97 Å². The zero-order chi connectivity index (χ0) is 22.1. The van der Waals surface area contributed by atoms with Crippen molar-refractivity contribution in [2.75, 3.05) is 18.0 Å². The first-order chi connectivity index (χ1) is 15.6. The SMILES string of the molecule is Cc1ccc(C2CCN(c3nc4cc(C(=O)O)ccc4nc3-c3ccccc3)CC2)cc1. The van der Waals surface area contributed by atoms with E-state index in [9.17, 15) is 9.90 Å². The molecule has 0 amide bonds. The molecule has 3 aromatic carbocycles. The van der Waals surface area contributed by atoms with Crippen LogP contribution in [0.4, 0.5) is 5.82 Å². The number of aryl methyl sites for hydroxylation is 1. The molecule has 0 bridgehead atoms. The van der Waals surface area contributed by atoms with E-state index in [0.717, 1.165) is 43.0 Å². The molecule has 0 atom stereocenters. The average Bonchev–Trinajstić information content (AvgIpc) is 2.84. The predicted octanol–water partition coefficient (Wildman–Crippen LogP) is 5.69. The number of hydrogen-bond acceptors (Lipinski definition) is 4. The molecule has 2 heterocycles. The van der Waals surface area contributed by atoms with Crippen LogP contribution in [0.1, 0.15) is 40.2 Å². The molecule has 4 aromatic rings. The van der Waals surface area contributed by atoms with E-state index in [4.69, 9.17) is 9.97 Å². The summed E-state index contributed by atoms with van der Waals surface area (Å²) in [6, 6.07) is 23.9. The van der Waals surface area contributed by atoms with E-state index in [1.807, 2.05) is 30.3 Å². The normalized spacial score (nSPS) is 14.6. The Morgan fingerprint density at radius 2 is 1.62 bits per heavy atom. The monoisotopic (exact) mass is 423 g/mol. The van der Waals surface area contributed by atoms with Crippen molar-refractivity contribution in [3.63, 3.8) is 0 Å². The summed E-state index contributed by atoms with van der Waals surface area (Å²) in [5.74, 6) is 0.411. The molecule has 0 saturated carbocycles. The highest BCUT2D eigenvalue weighted by Gasteiger charge is 2.25. The maximum Gasteiger partial charge on any atom is 0.335 e. The summed E-state index contributed by atoms with van der Waals surface area (Å²) in [5, 5.41) is 9.39. The Hall–Kier alpha value is -3.73. The zero-order valence-electron chi connectivity index (χ0n) is 18.0. The number of aromatic carboxylic acids is 1. The van der Waals surface area contributed by atoms with Crippen molar-refractivity contribution in [1.29, 1.82) is 0 Å². The van der Waals surface area contributed by atoms with Crippen molar-refractivity contribution >= 4 is 22.8 Å². The molecule has 1 saturated heterocycles. The third-order valence-electron chi connectivity index (χ3n) is 6.28. The molecule has 1 aliphatic rings. The van der Waals surface area contributed by atoms with Crippen molar-refractivity contribution in [3.05, 3.63) is 89.5 Å². The lowest BCUT2D eigenvalue weighted by Gasteiger charge is -2.34. The number of benzene rings is 3. The molecule has 5 heteroatoms. The molecule has 0 spiro atoms. The lowest BCUT2D eigenvalue weighted by Crippen LogP contribution is -2.34. The van der Waals surface area contributed by atoms with Gasteiger partial charge in [0.15, 0.2) is 5.82 Å². The zero-order valence-corrected chi connectivity index (χ0v) is 18.0. The van der Waals surface area contributed by atoms with Gasteiger partial charge in [-0.2, -0.15) is 0 Å². The highest BCUT2D eigenvalue weighted by atomic mass is 16.4. The number of carboxylic acid groups (broad SMARTS) is 1. The third kappa shape index (κ3) is 3.94. The van der Waals surface area contributed by atoms with Gasteiger partial charge in [-0.15, -0.1) is 0 Å². The van der Waals surface area contributed by atoms with Crippen LogP contribution in [0.2, 0.25) is 0 Å². The summed E-state index contributed by atoms with van der Waals surface area (Å²) in [5.41, 5.74) is 6.07. The molecule has 5 rings (SSSR count). The second-order valence-corrected chi connectivity index (χ2v) is 8.44. The largest absolute Gasteiger partial charge is 0.478 e. The maximum absolute atomic E-state index is 11.5. The topological polar surface area (TPSA) is 66.3 Å². The fourth-order valence-corrected chi connectivity index (χ4v) is 4.45. The Morgan fingerprint density at radius 3 is 2.31 bits per heavy atom. The number of rotatable bonds is 4. The molecule has 1 aromatic heterocycles. The van der Waals surface area contributed by atoms with Gasteiger partial charge in [0.2, 0.25) is 0 Å². The summed E-state index contributed by atoms with van der Waals surface area (Å²) in [4.78, 5) is 23.6. The van der Waals surface area contributed by atoms with Gasteiger partial charge in [-0.25, -0.2) is 14.8 Å². The van der Waals surface area contributed by atoms with E-state index in [1.54, 1.807) is 18.2 Å². The standard InChI is InChI=1S/C27H25N3O2/c1-18-7-9-19(10-8-18)20-13-15-30(16-14-20)26-25(21-5-3-2-4-6-21)28-23-12-11-22(27(31)32)17-24(23)29-26/h2-12,17,20H,13-16H2,1H3,(H,31,32). The molecule has 32 heavy (non-hydrogen) atoms. The summed E-state index contributed by atoms with van der Waals surface area (Å²) >= 11 is 0. The van der Waals surface area contributed by atoms with Gasteiger partial charge in [-0.3, -0.25) is 0 Å². The number of carboxylic acids is 1. The molecular formula is C27H25N3O2. The van der Waals surface area contributed by atoms with Crippen molar-refractivity contribution < 1.29 is 9.90 Å². The predicted molar refractivity (Wildman–Crippen MR) is 127 cm³/mol. The van der Waals surface area contributed by atoms with Crippen LogP contribution in [0.3, 0.4) is 0 Å². The quantitative estimate of drug-likeness (QED) is 0.457. The molecule has 0 unspecified atom stereocenters. The number of anilines is 1. The number of aromatic nitrogens is 2. The van der Waals surface area contributed by atoms with Crippen molar-refractivity contribution in [2.45, 2.75) is 25.7 Å². The number of carbonyl (C=O) groups is 1. The number of nitrogens with zero attached hydrogens (tertiary/aromatic N) is 3. The molecule has 5 nitrogen and oxygen atoms in total. The average molecular weight is 424 g/mol. The van der Waals surface area contributed by atoms with Crippen LogP contribution in [0.5, 0.6) is 0 Å². The number of hydrogen-bond donors (Lipinski definition) is 1. The van der Waals surface area contributed by atoms with Gasteiger partial charge in [-0.05, 0) is 49.4 Å². The van der Waals surface area contributed by atoms with Gasteiger partial charge in [-0.1, -0.05) is 60.2 Å². The molecule has 1 N–H and O–H groups in total. The van der Waals surface area contributed by atoms with Gasteiger partial charge in [0.05, 0.1) is 16.6 Å². The minimum Gasteiger partial charge on any atom is -0.478 e. The first-order valence-corrected chi connectivity index (χ1v) is 11.0. The Bertz CT molecular complexity index is 1260. The molecular weight excluding hydrogens is 398 g/mol. The second-order valence-electron chi connectivity index (χ2n) is 8.44. The molecule has 160 valence electrons. The lowest BCUT2D eigenvalue weighted by atomic mass is 9.89. The van der Waals surface area contributed by atoms with E-state index < -0.39 is 5.97 Å². The fourth-order valence-electron chi connectivity index (χ4n) is 4.45. The summed E-state index contributed by atoms with van der Waals surface area (Å²) in [6.07, 6.45) is 2.10. The number of piperidine rings is 1. The molecule has 1 fully saturated rings. The maximum atomic E-state index is 11.5. The fraction of sp³-hybridized carbons (Fsp3) is 0.222. The van der Waals surface area contributed by atoms with Gasteiger partial charge in [0.1, 0.15) is 5.69 Å². The number of fused-ring (bicyclic) bond motifs is 1. The Kier molecular flexibility index (Phi) is 5.31. The van der Waals surface area contributed by atoms with E-state index in [-0.39, 0.29) is 5.56 Å². The van der Waals surface area contributed by atoms with E-state index in [2.05, 4.69) is 36.1 Å². The highest BCUT2D eigenvalue weighted by molar-refractivity contribution is 5.93. The van der Waals surface area contributed by atoms with Gasteiger partial charge in [0.25, 0.3) is 0 Å². The van der Waals surface area contributed by atoms with Crippen molar-refractivity contribution in [3.8, 4) is 11.3 Å². The van der Waals surface area contributed by atoms with Crippen molar-refractivity contribution in [2.24, 2.45) is 0 Å². The third-order valence-corrected chi connectivity index (χ3v) is 6.28. The van der Waals surface area contributed by atoms with Crippen LogP contribution < -0.4 is 4.90 Å². The highest BCUT2D eigenvalue weighted by Crippen LogP contribution is 2.35. The first-order valence-electron chi connectivity index (χ1n) is 11.0. The van der Waals surface area contributed by atoms with E-state index in [0.29, 0.717) is 17.0 Å². The van der Waals surface area contributed by atoms with Crippen LogP contribution in [0.15, 0.2) is 72.8 Å². The van der Waals surface area contributed by atoms with Gasteiger partial charge < -0.3 is 10.0 Å². The van der Waals surface area contributed by atoms with Crippen LogP contribution in [0.25, 0.3) is 22.3 Å². The Balaban J connectivity index is 1.51. The smallest absolute Gasteiger partial charge is 0.335 e.